The quantitative estimate of drug-likeness (QED) is 0.248. The number of alkyl halides is 3. The van der Waals surface area contributed by atoms with Gasteiger partial charge in [0.25, 0.3) is 0 Å². The van der Waals surface area contributed by atoms with Crippen molar-refractivity contribution in [3.63, 3.8) is 0 Å². The molecule has 0 heterocycles. The molecule has 0 radical (unpaired) electrons. The van der Waals surface area contributed by atoms with Crippen molar-refractivity contribution >= 4 is 54.4 Å². The number of phosphoric ester groups is 1. The molecule has 0 amide bonds. The highest BCUT2D eigenvalue weighted by Gasteiger charge is 2.25. The SMILES string of the molecule is O=C=Nc1ccccc1.O=P(OCCCl)(OCCCl)OCCCl. The van der Waals surface area contributed by atoms with Crippen molar-refractivity contribution in [1.82, 2.24) is 0 Å². The number of para-hydroxylation sites is 1. The maximum atomic E-state index is 11.6. The van der Waals surface area contributed by atoms with E-state index in [4.69, 9.17) is 48.4 Å². The van der Waals surface area contributed by atoms with Gasteiger partial charge in [0.15, 0.2) is 0 Å². The summed E-state index contributed by atoms with van der Waals surface area (Å²) in [6.45, 7) is 0.260. The van der Waals surface area contributed by atoms with E-state index in [2.05, 4.69) is 4.99 Å². The minimum atomic E-state index is -3.52. The highest BCUT2D eigenvalue weighted by Crippen LogP contribution is 2.49. The van der Waals surface area contributed by atoms with Crippen molar-refractivity contribution < 1.29 is 22.9 Å². The zero-order chi connectivity index (χ0) is 17.4. The van der Waals surface area contributed by atoms with Gasteiger partial charge in [-0.2, -0.15) is 4.99 Å². The van der Waals surface area contributed by atoms with Gasteiger partial charge < -0.3 is 0 Å². The summed E-state index contributed by atoms with van der Waals surface area (Å²) in [6, 6.07) is 8.98. The van der Waals surface area contributed by atoms with Crippen molar-refractivity contribution in [2.75, 3.05) is 37.5 Å². The van der Waals surface area contributed by atoms with Crippen LogP contribution in [0, 0.1) is 0 Å². The van der Waals surface area contributed by atoms with E-state index in [0.717, 1.165) is 0 Å². The number of hydrogen-bond acceptors (Lipinski definition) is 6. The fourth-order valence-corrected chi connectivity index (χ4v) is 2.83. The van der Waals surface area contributed by atoms with Crippen LogP contribution in [-0.2, 0) is 22.9 Å². The standard InChI is InChI=1S/C7H5NO.C6H12Cl3O4P/c9-6-8-7-4-2-1-3-5-7;7-1-4-11-14(10,12-5-2-8)13-6-3-9/h1-5H;1-6H2. The van der Waals surface area contributed by atoms with E-state index in [9.17, 15) is 9.36 Å². The van der Waals surface area contributed by atoms with Crippen LogP contribution >= 0.6 is 42.6 Å². The van der Waals surface area contributed by atoms with E-state index in [1.165, 1.54) is 6.08 Å². The Hall–Kier alpha value is -0.420. The second-order valence-corrected chi connectivity index (χ2v) is 6.36. The van der Waals surface area contributed by atoms with Gasteiger partial charge >= 0.3 is 7.82 Å². The Morgan fingerprint density at radius 2 is 1.35 bits per heavy atom. The zero-order valence-electron chi connectivity index (χ0n) is 12.2. The highest BCUT2D eigenvalue weighted by atomic mass is 35.5. The summed E-state index contributed by atoms with van der Waals surface area (Å²) in [5.74, 6) is 0.620. The van der Waals surface area contributed by atoms with Crippen LogP contribution in [0.4, 0.5) is 5.69 Å². The average molecular weight is 405 g/mol. The van der Waals surface area contributed by atoms with Gasteiger partial charge in [-0.05, 0) is 12.1 Å². The van der Waals surface area contributed by atoms with Crippen molar-refractivity contribution in [2.45, 2.75) is 0 Å². The smallest absolute Gasteiger partial charge is 0.286 e. The largest absolute Gasteiger partial charge is 0.474 e. The Morgan fingerprint density at radius 1 is 0.913 bits per heavy atom. The molecular weight excluding hydrogens is 387 g/mol. The molecule has 0 bridgehead atoms. The van der Waals surface area contributed by atoms with Crippen molar-refractivity contribution in [1.29, 1.82) is 0 Å². The molecule has 130 valence electrons. The maximum Gasteiger partial charge on any atom is 0.474 e. The molecule has 6 nitrogen and oxygen atoms in total. The Bertz CT molecular complexity index is 471. The number of phosphoric acid groups is 1. The molecule has 0 atom stereocenters. The summed E-state index contributed by atoms with van der Waals surface area (Å²) >= 11 is 16.1. The number of halogens is 3. The molecule has 0 saturated heterocycles. The van der Waals surface area contributed by atoms with E-state index >= 15 is 0 Å². The lowest BCUT2D eigenvalue weighted by molar-refractivity contribution is 0.128. The lowest BCUT2D eigenvalue weighted by Gasteiger charge is -2.16. The van der Waals surface area contributed by atoms with E-state index < -0.39 is 7.82 Å². The maximum absolute atomic E-state index is 11.6. The number of hydrogen-bond donors (Lipinski definition) is 0. The number of rotatable bonds is 10. The van der Waals surface area contributed by atoms with Gasteiger partial charge in [-0.1, -0.05) is 18.2 Å². The van der Waals surface area contributed by atoms with Crippen LogP contribution in [-0.4, -0.2) is 43.5 Å². The summed E-state index contributed by atoms with van der Waals surface area (Å²) in [5, 5.41) is 0. The molecule has 0 unspecified atom stereocenters. The van der Waals surface area contributed by atoms with Gasteiger partial charge in [0, 0.05) is 17.6 Å². The highest BCUT2D eigenvalue weighted by molar-refractivity contribution is 7.48. The second kappa shape index (κ2) is 15.1. The van der Waals surface area contributed by atoms with E-state index in [-0.39, 0.29) is 37.5 Å². The van der Waals surface area contributed by atoms with Crippen LogP contribution < -0.4 is 0 Å². The Balaban J connectivity index is 0.000000459. The predicted molar refractivity (Wildman–Crippen MR) is 91.8 cm³/mol. The van der Waals surface area contributed by atoms with Gasteiger partial charge in [0.05, 0.1) is 25.5 Å². The van der Waals surface area contributed by atoms with Gasteiger partial charge in [-0.25, -0.2) is 9.36 Å². The first-order valence-corrected chi connectivity index (χ1v) is 9.52. The molecule has 0 aliphatic rings. The van der Waals surface area contributed by atoms with Gasteiger partial charge in [0.1, 0.15) is 0 Å². The number of benzene rings is 1. The second-order valence-electron chi connectivity index (χ2n) is 3.55. The van der Waals surface area contributed by atoms with Crippen LogP contribution in [0.3, 0.4) is 0 Å². The number of nitrogens with zero attached hydrogens (tertiary/aromatic N) is 1. The van der Waals surface area contributed by atoms with Crippen LogP contribution in [0.25, 0.3) is 0 Å². The number of aliphatic imine (C=N–C) groups is 1. The van der Waals surface area contributed by atoms with Crippen molar-refractivity contribution in [3.8, 4) is 0 Å². The Kier molecular flexibility index (Phi) is 14.9. The molecule has 0 saturated carbocycles. The summed E-state index contributed by atoms with van der Waals surface area (Å²) < 4.78 is 26.2. The van der Waals surface area contributed by atoms with Crippen LogP contribution in [0.2, 0.25) is 0 Å². The minimum absolute atomic E-state index is 0.0867. The molecule has 0 aliphatic carbocycles. The molecule has 0 aromatic heterocycles. The van der Waals surface area contributed by atoms with Gasteiger partial charge in [-0.15, -0.1) is 34.8 Å². The van der Waals surface area contributed by atoms with Gasteiger partial charge in [0.2, 0.25) is 6.08 Å². The zero-order valence-corrected chi connectivity index (χ0v) is 15.4. The van der Waals surface area contributed by atoms with E-state index in [1.54, 1.807) is 12.1 Å². The molecule has 1 aromatic carbocycles. The molecule has 1 aromatic rings. The average Bonchev–Trinajstić information content (AvgIpc) is 2.58. The Labute approximate surface area is 150 Å². The molecule has 0 spiro atoms. The summed E-state index contributed by atoms with van der Waals surface area (Å²) in [7, 11) is -3.52. The van der Waals surface area contributed by atoms with E-state index in [1.807, 2.05) is 18.2 Å². The minimum Gasteiger partial charge on any atom is -0.286 e. The molecule has 10 heteroatoms. The van der Waals surface area contributed by atoms with Crippen LogP contribution in [0.15, 0.2) is 35.3 Å². The molecule has 0 fully saturated rings. The molecular formula is C13H17Cl3NO5P. The first kappa shape index (κ1) is 22.6. The van der Waals surface area contributed by atoms with Crippen molar-refractivity contribution in [3.05, 3.63) is 30.3 Å². The molecule has 0 N–H and O–H groups in total. The normalized spacial score (nSPS) is 10.4. The lowest BCUT2D eigenvalue weighted by Crippen LogP contribution is -2.05. The number of isocyanates is 1. The third-order valence-corrected chi connectivity index (χ3v) is 3.87. The molecule has 1 rings (SSSR count). The van der Waals surface area contributed by atoms with E-state index in [0.29, 0.717) is 5.69 Å². The van der Waals surface area contributed by atoms with Crippen LogP contribution in [0.5, 0.6) is 0 Å². The molecule has 23 heavy (non-hydrogen) atoms. The van der Waals surface area contributed by atoms with Gasteiger partial charge in [-0.3, -0.25) is 13.6 Å². The summed E-state index contributed by atoms with van der Waals surface area (Å²) in [4.78, 5) is 13.1. The predicted octanol–water partition coefficient (Wildman–Crippen LogP) is 4.51. The fourth-order valence-electron chi connectivity index (χ4n) is 1.11. The fraction of sp³-hybridized carbons (Fsp3) is 0.462. The van der Waals surface area contributed by atoms with Crippen molar-refractivity contribution in [2.24, 2.45) is 4.99 Å². The number of carbonyl (C=O) groups excluding carboxylic acids is 1. The third-order valence-electron chi connectivity index (χ3n) is 1.91. The Morgan fingerprint density at radius 3 is 1.70 bits per heavy atom. The topological polar surface area (TPSA) is 74.2 Å². The van der Waals surface area contributed by atoms with Crippen LogP contribution in [0.1, 0.15) is 0 Å². The molecule has 0 aliphatic heterocycles. The monoisotopic (exact) mass is 403 g/mol. The summed E-state index contributed by atoms with van der Waals surface area (Å²) in [6.07, 6.45) is 1.46. The lowest BCUT2D eigenvalue weighted by atomic mass is 10.3. The summed E-state index contributed by atoms with van der Waals surface area (Å²) in [5.41, 5.74) is 0.646. The first-order valence-electron chi connectivity index (χ1n) is 6.46. The first-order chi connectivity index (χ1) is 11.1. The third kappa shape index (κ3) is 12.6.